The third-order valence-corrected chi connectivity index (χ3v) is 7.67. The first-order chi connectivity index (χ1) is 17.0. The fourth-order valence-corrected chi connectivity index (χ4v) is 5.82. The predicted molar refractivity (Wildman–Crippen MR) is 141 cm³/mol. The number of ether oxygens (including phenoxy) is 1. The SMILES string of the molecule is CO[C@H](C)CNc1nc(C)c(-c2nc3c(C)nccc3s2)c(N[C@@H]2C[C@H](CC(C)(C)O)[C@@H](O)[C@H]2O)n1. The molecule has 5 atom stereocenters. The van der Waals surface area contributed by atoms with Gasteiger partial charge in [-0.2, -0.15) is 4.98 Å². The molecule has 0 aliphatic heterocycles. The first-order valence-corrected chi connectivity index (χ1v) is 13.0. The third kappa shape index (κ3) is 5.76. The van der Waals surface area contributed by atoms with Crippen LogP contribution in [0.2, 0.25) is 0 Å². The van der Waals surface area contributed by atoms with Gasteiger partial charge < -0.3 is 30.7 Å². The van der Waals surface area contributed by atoms with Gasteiger partial charge in [-0.05, 0) is 59.4 Å². The number of aryl methyl sites for hydroxylation is 2. The topological polar surface area (TPSA) is 146 Å². The highest BCUT2D eigenvalue weighted by atomic mass is 32.1. The van der Waals surface area contributed by atoms with Crippen molar-refractivity contribution in [3.63, 3.8) is 0 Å². The van der Waals surface area contributed by atoms with Crippen LogP contribution in [-0.4, -0.2) is 78.9 Å². The van der Waals surface area contributed by atoms with Crippen LogP contribution in [0.4, 0.5) is 11.8 Å². The van der Waals surface area contributed by atoms with Crippen molar-refractivity contribution >= 4 is 33.3 Å². The van der Waals surface area contributed by atoms with E-state index in [1.54, 1.807) is 27.2 Å². The van der Waals surface area contributed by atoms with Crippen LogP contribution in [0.3, 0.4) is 0 Å². The highest BCUT2D eigenvalue weighted by molar-refractivity contribution is 7.21. The zero-order valence-corrected chi connectivity index (χ0v) is 22.4. The lowest BCUT2D eigenvalue weighted by atomic mass is 9.91. The van der Waals surface area contributed by atoms with Crippen molar-refractivity contribution in [1.82, 2.24) is 19.9 Å². The van der Waals surface area contributed by atoms with E-state index in [1.807, 2.05) is 26.8 Å². The molecule has 36 heavy (non-hydrogen) atoms. The second-order valence-electron chi connectivity index (χ2n) is 10.3. The number of thiazole rings is 1. The zero-order valence-electron chi connectivity index (χ0n) is 21.6. The summed E-state index contributed by atoms with van der Waals surface area (Å²) in [5.41, 5.74) is 2.21. The Hall–Kier alpha value is -2.44. The lowest BCUT2D eigenvalue weighted by Gasteiger charge is -2.24. The molecule has 0 aromatic carbocycles. The van der Waals surface area contributed by atoms with Crippen LogP contribution < -0.4 is 10.6 Å². The van der Waals surface area contributed by atoms with Crippen molar-refractivity contribution < 1.29 is 20.1 Å². The minimum absolute atomic E-state index is 0.0286. The molecule has 1 aliphatic carbocycles. The Labute approximate surface area is 215 Å². The molecule has 4 rings (SSSR count). The third-order valence-electron chi connectivity index (χ3n) is 6.63. The number of methoxy groups -OCH3 is 1. The molecule has 0 saturated heterocycles. The van der Waals surface area contributed by atoms with E-state index in [4.69, 9.17) is 14.7 Å². The van der Waals surface area contributed by atoms with Crippen LogP contribution in [0.25, 0.3) is 20.8 Å². The van der Waals surface area contributed by atoms with Gasteiger partial charge in [0.2, 0.25) is 5.95 Å². The second-order valence-corrected chi connectivity index (χ2v) is 11.3. The summed E-state index contributed by atoms with van der Waals surface area (Å²) < 4.78 is 6.34. The minimum atomic E-state index is -1.01. The van der Waals surface area contributed by atoms with Crippen LogP contribution in [0.15, 0.2) is 12.3 Å². The number of nitrogens with one attached hydrogen (secondary N) is 2. The molecule has 0 radical (unpaired) electrons. The highest BCUT2D eigenvalue weighted by Crippen LogP contribution is 2.39. The first kappa shape index (κ1) is 26.6. The number of pyridine rings is 1. The van der Waals surface area contributed by atoms with Gasteiger partial charge in [-0.15, -0.1) is 11.3 Å². The molecule has 1 fully saturated rings. The van der Waals surface area contributed by atoms with Gasteiger partial charge in [0.1, 0.15) is 22.4 Å². The fraction of sp³-hybridized carbons (Fsp3) is 0.600. The average molecular weight is 517 g/mol. The summed E-state index contributed by atoms with van der Waals surface area (Å²) in [5, 5.41) is 39.2. The number of hydrogen-bond acceptors (Lipinski definition) is 11. The molecule has 0 spiro atoms. The Bertz CT molecular complexity index is 1210. The molecular formula is C25H36N6O4S. The summed E-state index contributed by atoms with van der Waals surface area (Å²) in [6.45, 7) is 9.73. The summed E-state index contributed by atoms with van der Waals surface area (Å²) >= 11 is 1.53. The molecule has 0 bridgehead atoms. The van der Waals surface area contributed by atoms with Gasteiger partial charge in [-0.3, -0.25) is 4.98 Å². The van der Waals surface area contributed by atoms with Crippen molar-refractivity contribution in [2.24, 2.45) is 5.92 Å². The maximum absolute atomic E-state index is 10.9. The molecule has 1 aliphatic rings. The van der Waals surface area contributed by atoms with Crippen LogP contribution in [0, 0.1) is 19.8 Å². The van der Waals surface area contributed by atoms with E-state index in [-0.39, 0.29) is 12.0 Å². The van der Waals surface area contributed by atoms with Gasteiger partial charge in [-0.25, -0.2) is 9.97 Å². The Morgan fingerprint density at radius 3 is 2.58 bits per heavy atom. The van der Waals surface area contributed by atoms with Crippen molar-refractivity contribution in [3.8, 4) is 10.6 Å². The fourth-order valence-electron chi connectivity index (χ4n) is 4.71. The summed E-state index contributed by atoms with van der Waals surface area (Å²) in [7, 11) is 1.65. The lowest BCUT2D eigenvalue weighted by Crippen LogP contribution is -2.36. The van der Waals surface area contributed by atoms with Gasteiger partial charge in [0.15, 0.2) is 0 Å². The minimum Gasteiger partial charge on any atom is -0.390 e. The largest absolute Gasteiger partial charge is 0.390 e. The van der Waals surface area contributed by atoms with Gasteiger partial charge in [-0.1, -0.05) is 0 Å². The number of rotatable bonds is 9. The van der Waals surface area contributed by atoms with E-state index in [0.717, 1.165) is 32.2 Å². The first-order valence-electron chi connectivity index (χ1n) is 12.2. The van der Waals surface area contributed by atoms with Crippen molar-refractivity contribution in [2.45, 2.75) is 77.4 Å². The number of aliphatic hydroxyl groups is 3. The van der Waals surface area contributed by atoms with Gasteiger partial charge in [0.25, 0.3) is 0 Å². The number of aromatic nitrogens is 4. The quantitative estimate of drug-likeness (QED) is 0.288. The van der Waals surface area contributed by atoms with Crippen molar-refractivity contribution in [1.29, 1.82) is 0 Å². The zero-order chi connectivity index (χ0) is 26.2. The number of aliphatic hydroxyl groups excluding tert-OH is 2. The molecule has 0 unspecified atom stereocenters. The molecule has 11 heteroatoms. The number of anilines is 2. The highest BCUT2D eigenvalue weighted by Gasteiger charge is 2.43. The molecule has 3 heterocycles. The Morgan fingerprint density at radius 2 is 1.92 bits per heavy atom. The summed E-state index contributed by atoms with van der Waals surface area (Å²) in [4.78, 5) is 18.6. The number of fused-ring (bicyclic) bond motifs is 1. The Kier molecular flexibility index (Phi) is 7.77. The maximum atomic E-state index is 10.9. The summed E-state index contributed by atoms with van der Waals surface area (Å²) in [5.74, 6) is 0.711. The molecule has 10 nitrogen and oxygen atoms in total. The average Bonchev–Trinajstić information content (AvgIpc) is 3.34. The molecule has 1 saturated carbocycles. The molecule has 0 amide bonds. The normalized spacial score (nSPS) is 23.2. The molecule has 196 valence electrons. The molecule has 3 aromatic rings. The van der Waals surface area contributed by atoms with Crippen LogP contribution >= 0.6 is 11.3 Å². The smallest absolute Gasteiger partial charge is 0.224 e. The van der Waals surface area contributed by atoms with E-state index in [9.17, 15) is 15.3 Å². The molecule has 5 N–H and O–H groups in total. The standard InChI is InChI=1S/C25H36N6O4S/c1-12(35-6)11-27-24-28-13(2)18(23-30-19-14(3)26-8-7-17(19)36-23)22(31-24)29-16-9-15(10-25(4,5)34)20(32)21(16)33/h7-8,12,15-16,20-21,32-34H,9-11H2,1-6H3,(H2,27,28,29,31)/t12-,15-,16-,20-,21+/m1/s1. The van der Waals surface area contributed by atoms with Gasteiger partial charge in [0.05, 0.1) is 45.5 Å². The van der Waals surface area contributed by atoms with Crippen LogP contribution in [0.5, 0.6) is 0 Å². The van der Waals surface area contributed by atoms with E-state index < -0.39 is 23.9 Å². The predicted octanol–water partition coefficient (Wildman–Crippen LogP) is 2.90. The summed E-state index contributed by atoms with van der Waals surface area (Å²) in [6, 6.07) is 1.48. The number of hydrogen-bond donors (Lipinski definition) is 5. The van der Waals surface area contributed by atoms with E-state index in [2.05, 4.69) is 20.6 Å². The Morgan fingerprint density at radius 1 is 1.17 bits per heavy atom. The van der Waals surface area contributed by atoms with Crippen LogP contribution in [-0.2, 0) is 4.74 Å². The van der Waals surface area contributed by atoms with Gasteiger partial charge in [0, 0.05) is 19.9 Å². The summed E-state index contributed by atoms with van der Waals surface area (Å²) in [6.07, 6.45) is 0.653. The van der Waals surface area contributed by atoms with Gasteiger partial charge >= 0.3 is 0 Å². The van der Waals surface area contributed by atoms with E-state index in [0.29, 0.717) is 31.2 Å². The van der Waals surface area contributed by atoms with E-state index in [1.165, 1.54) is 11.3 Å². The monoisotopic (exact) mass is 516 g/mol. The molecule has 3 aromatic heterocycles. The van der Waals surface area contributed by atoms with Crippen molar-refractivity contribution in [2.75, 3.05) is 24.3 Å². The second kappa shape index (κ2) is 10.5. The van der Waals surface area contributed by atoms with E-state index >= 15 is 0 Å². The molecular weight excluding hydrogens is 480 g/mol. The van der Waals surface area contributed by atoms with Crippen molar-refractivity contribution in [3.05, 3.63) is 23.7 Å². The lowest BCUT2D eigenvalue weighted by molar-refractivity contribution is -0.0132. The Balaban J connectivity index is 1.71. The van der Waals surface area contributed by atoms with Crippen LogP contribution in [0.1, 0.15) is 45.0 Å². The maximum Gasteiger partial charge on any atom is 0.224 e. The number of nitrogens with zero attached hydrogens (tertiary/aromatic N) is 4.